The van der Waals surface area contributed by atoms with Crippen molar-refractivity contribution in [3.8, 4) is 0 Å². The lowest BCUT2D eigenvalue weighted by atomic mass is 10.2. The molecule has 2 rings (SSSR count). The van der Waals surface area contributed by atoms with Gasteiger partial charge in [-0.1, -0.05) is 22.0 Å². The Labute approximate surface area is 136 Å². The maximum absolute atomic E-state index is 12.5. The van der Waals surface area contributed by atoms with Gasteiger partial charge in [0, 0.05) is 40.6 Å². The van der Waals surface area contributed by atoms with Crippen molar-refractivity contribution in [2.24, 2.45) is 0 Å². The van der Waals surface area contributed by atoms with Crippen molar-refractivity contribution in [1.82, 2.24) is 9.80 Å². The SMILES string of the molecule is O=C(c1cccc(I)c1)N1CCCN(CCBr)CC1. The van der Waals surface area contributed by atoms with Crippen molar-refractivity contribution in [2.75, 3.05) is 38.1 Å². The lowest BCUT2D eigenvalue weighted by Gasteiger charge is -2.21. The molecule has 0 saturated carbocycles. The van der Waals surface area contributed by atoms with Crippen LogP contribution in [0.1, 0.15) is 16.8 Å². The van der Waals surface area contributed by atoms with Crippen molar-refractivity contribution in [3.05, 3.63) is 33.4 Å². The minimum Gasteiger partial charge on any atom is -0.337 e. The minimum absolute atomic E-state index is 0.166. The molecule has 0 aromatic heterocycles. The Bertz CT molecular complexity index is 441. The number of nitrogens with zero attached hydrogens (tertiary/aromatic N) is 2. The van der Waals surface area contributed by atoms with Gasteiger partial charge in [0.25, 0.3) is 5.91 Å². The van der Waals surface area contributed by atoms with Crippen LogP contribution >= 0.6 is 38.5 Å². The molecule has 0 aliphatic carbocycles. The van der Waals surface area contributed by atoms with Crippen molar-refractivity contribution >= 4 is 44.4 Å². The molecule has 1 fully saturated rings. The van der Waals surface area contributed by atoms with Crippen LogP contribution in [-0.2, 0) is 0 Å². The van der Waals surface area contributed by atoms with Gasteiger partial charge in [0.05, 0.1) is 0 Å². The van der Waals surface area contributed by atoms with E-state index in [2.05, 4.69) is 43.4 Å². The second-order valence-corrected chi connectivity index (χ2v) is 6.73. The van der Waals surface area contributed by atoms with Gasteiger partial charge in [0.2, 0.25) is 0 Å². The topological polar surface area (TPSA) is 23.6 Å². The summed E-state index contributed by atoms with van der Waals surface area (Å²) in [6.07, 6.45) is 1.06. The molecule has 0 atom stereocenters. The fourth-order valence-electron chi connectivity index (χ4n) is 2.32. The molecule has 3 nitrogen and oxygen atoms in total. The molecule has 1 amide bonds. The number of rotatable bonds is 3. The van der Waals surface area contributed by atoms with E-state index in [9.17, 15) is 4.79 Å². The van der Waals surface area contributed by atoms with Gasteiger partial charge in [0.15, 0.2) is 0 Å². The molecule has 19 heavy (non-hydrogen) atoms. The first kappa shape index (κ1) is 15.3. The predicted octanol–water partition coefficient (Wildman–Crippen LogP) is 2.83. The highest BCUT2D eigenvalue weighted by molar-refractivity contribution is 14.1. The highest BCUT2D eigenvalue weighted by Gasteiger charge is 2.19. The van der Waals surface area contributed by atoms with E-state index in [4.69, 9.17) is 0 Å². The summed E-state index contributed by atoms with van der Waals surface area (Å²) in [5.41, 5.74) is 0.806. The van der Waals surface area contributed by atoms with Crippen molar-refractivity contribution in [3.63, 3.8) is 0 Å². The van der Waals surface area contributed by atoms with E-state index in [0.29, 0.717) is 0 Å². The molecule has 0 spiro atoms. The first-order chi connectivity index (χ1) is 9.20. The number of hydrogen-bond acceptors (Lipinski definition) is 2. The van der Waals surface area contributed by atoms with Gasteiger partial charge < -0.3 is 9.80 Å². The molecule has 0 N–H and O–H groups in total. The molecule has 1 saturated heterocycles. The number of carbonyl (C=O) groups is 1. The van der Waals surface area contributed by atoms with Gasteiger partial charge >= 0.3 is 0 Å². The van der Waals surface area contributed by atoms with E-state index in [1.165, 1.54) is 0 Å². The van der Waals surface area contributed by atoms with Gasteiger partial charge in [0.1, 0.15) is 0 Å². The Balaban J connectivity index is 2.00. The molecule has 1 aromatic rings. The minimum atomic E-state index is 0.166. The van der Waals surface area contributed by atoms with Crippen LogP contribution in [0.2, 0.25) is 0 Å². The third-order valence-electron chi connectivity index (χ3n) is 3.35. The van der Waals surface area contributed by atoms with E-state index < -0.39 is 0 Å². The molecule has 0 unspecified atom stereocenters. The fourth-order valence-corrected chi connectivity index (χ4v) is 3.37. The van der Waals surface area contributed by atoms with Gasteiger partial charge in [-0.25, -0.2) is 0 Å². The normalized spacial score (nSPS) is 17.3. The van der Waals surface area contributed by atoms with Crippen LogP contribution in [0.15, 0.2) is 24.3 Å². The summed E-state index contributed by atoms with van der Waals surface area (Å²) in [6.45, 7) is 4.81. The molecule has 0 bridgehead atoms. The molecule has 104 valence electrons. The van der Waals surface area contributed by atoms with E-state index >= 15 is 0 Å². The van der Waals surface area contributed by atoms with Crippen molar-refractivity contribution < 1.29 is 4.79 Å². The third kappa shape index (κ3) is 4.43. The number of hydrogen-bond donors (Lipinski definition) is 0. The second kappa shape index (κ2) is 7.59. The Morgan fingerprint density at radius 2 is 2.11 bits per heavy atom. The zero-order chi connectivity index (χ0) is 13.7. The molecule has 0 radical (unpaired) electrons. The molecular formula is C14H18BrIN2O. The van der Waals surface area contributed by atoms with E-state index in [0.717, 1.165) is 53.6 Å². The average molecular weight is 437 g/mol. The summed E-state index contributed by atoms with van der Waals surface area (Å²) in [6, 6.07) is 7.83. The molecule has 5 heteroatoms. The Morgan fingerprint density at radius 3 is 2.84 bits per heavy atom. The van der Waals surface area contributed by atoms with Crippen molar-refractivity contribution in [1.29, 1.82) is 0 Å². The maximum atomic E-state index is 12.5. The Morgan fingerprint density at radius 1 is 1.26 bits per heavy atom. The average Bonchev–Trinajstić information content (AvgIpc) is 2.64. The predicted molar refractivity (Wildman–Crippen MR) is 89.9 cm³/mol. The van der Waals surface area contributed by atoms with Gasteiger partial charge in [-0.05, 0) is 53.8 Å². The Hall–Kier alpha value is -0.140. The van der Waals surface area contributed by atoms with Crippen LogP contribution in [0.4, 0.5) is 0 Å². The fraction of sp³-hybridized carbons (Fsp3) is 0.500. The summed E-state index contributed by atoms with van der Waals surface area (Å²) in [7, 11) is 0. The monoisotopic (exact) mass is 436 g/mol. The summed E-state index contributed by atoms with van der Waals surface area (Å²) < 4.78 is 1.11. The summed E-state index contributed by atoms with van der Waals surface area (Å²) >= 11 is 5.72. The first-order valence-electron chi connectivity index (χ1n) is 6.54. The lowest BCUT2D eigenvalue weighted by molar-refractivity contribution is 0.0762. The number of amides is 1. The van der Waals surface area contributed by atoms with Gasteiger partial charge in [-0.15, -0.1) is 0 Å². The molecule has 1 aliphatic heterocycles. The number of benzene rings is 1. The van der Waals surface area contributed by atoms with E-state index in [1.54, 1.807) is 0 Å². The van der Waals surface area contributed by atoms with Gasteiger partial charge in [-0.2, -0.15) is 0 Å². The third-order valence-corrected chi connectivity index (χ3v) is 4.37. The summed E-state index contributed by atoms with van der Waals surface area (Å²) in [4.78, 5) is 16.9. The number of alkyl halides is 1. The van der Waals surface area contributed by atoms with Crippen LogP contribution in [-0.4, -0.2) is 53.8 Å². The van der Waals surface area contributed by atoms with Crippen molar-refractivity contribution in [2.45, 2.75) is 6.42 Å². The second-order valence-electron chi connectivity index (χ2n) is 4.69. The summed E-state index contributed by atoms with van der Waals surface area (Å²) in [5, 5.41) is 0.998. The van der Waals surface area contributed by atoms with E-state index in [1.807, 2.05) is 29.2 Å². The van der Waals surface area contributed by atoms with Crippen LogP contribution in [0, 0.1) is 3.57 Å². The zero-order valence-corrected chi connectivity index (χ0v) is 14.6. The quantitative estimate of drug-likeness (QED) is 0.537. The Kier molecular flexibility index (Phi) is 6.09. The first-order valence-corrected chi connectivity index (χ1v) is 8.74. The highest BCUT2D eigenvalue weighted by atomic mass is 127. The standard InChI is InChI=1S/C14H18BrIN2O/c15-5-8-17-6-2-7-18(10-9-17)14(19)12-3-1-4-13(16)11-12/h1,3-4,11H,2,5-10H2. The van der Waals surface area contributed by atoms with Gasteiger partial charge in [-0.3, -0.25) is 4.79 Å². The van der Waals surface area contributed by atoms with Crippen LogP contribution in [0.25, 0.3) is 0 Å². The number of carbonyl (C=O) groups excluding carboxylic acids is 1. The molecule has 1 heterocycles. The molecule has 1 aliphatic rings. The van der Waals surface area contributed by atoms with E-state index in [-0.39, 0.29) is 5.91 Å². The smallest absolute Gasteiger partial charge is 0.253 e. The highest BCUT2D eigenvalue weighted by Crippen LogP contribution is 2.12. The molecular weight excluding hydrogens is 419 g/mol. The largest absolute Gasteiger partial charge is 0.337 e. The number of halogens is 2. The maximum Gasteiger partial charge on any atom is 0.253 e. The van der Waals surface area contributed by atoms with Crippen LogP contribution in [0.3, 0.4) is 0 Å². The lowest BCUT2D eigenvalue weighted by Crippen LogP contribution is -2.35. The zero-order valence-electron chi connectivity index (χ0n) is 10.8. The van der Waals surface area contributed by atoms with Crippen LogP contribution in [0.5, 0.6) is 0 Å². The summed E-state index contributed by atoms with van der Waals surface area (Å²) in [5.74, 6) is 0.166. The van der Waals surface area contributed by atoms with Crippen LogP contribution < -0.4 is 0 Å². The molecule has 1 aromatic carbocycles.